The van der Waals surface area contributed by atoms with Crippen molar-refractivity contribution in [2.24, 2.45) is 11.8 Å². The third-order valence-electron chi connectivity index (χ3n) is 5.49. The van der Waals surface area contributed by atoms with Crippen LogP contribution in [0.15, 0.2) is 60.7 Å². The van der Waals surface area contributed by atoms with Gasteiger partial charge in [0.15, 0.2) is 0 Å². The standard InChI is InChI=1S/C26H31NO4S/c1-17(2)13-20(25(29)27-3)15-21(28)22(14-18-9-5-4-6-10-18)31-26(30)24-16-19-11-7-8-12-23(19)32-24/h4-12,16-17,20-22,28H,13-15H2,1-3H3,(H,27,29)/t20-,21+,22+/m1/s1. The van der Waals surface area contributed by atoms with Crippen molar-refractivity contribution in [3.8, 4) is 0 Å². The van der Waals surface area contributed by atoms with Gasteiger partial charge in [-0.1, -0.05) is 62.4 Å². The zero-order valence-corrected chi connectivity index (χ0v) is 19.6. The molecular formula is C26H31NO4S. The number of esters is 1. The van der Waals surface area contributed by atoms with Crippen LogP contribution >= 0.6 is 11.3 Å². The number of nitrogens with one attached hydrogen (secondary N) is 1. The molecule has 32 heavy (non-hydrogen) atoms. The molecule has 2 aromatic carbocycles. The van der Waals surface area contributed by atoms with Gasteiger partial charge in [0.25, 0.3) is 0 Å². The summed E-state index contributed by atoms with van der Waals surface area (Å²) in [6.07, 6.45) is -0.460. The van der Waals surface area contributed by atoms with Crippen molar-refractivity contribution in [1.82, 2.24) is 5.32 Å². The van der Waals surface area contributed by atoms with Crippen LogP contribution in [0.4, 0.5) is 0 Å². The lowest BCUT2D eigenvalue weighted by atomic mass is 9.88. The Labute approximate surface area is 193 Å². The molecule has 0 radical (unpaired) electrons. The van der Waals surface area contributed by atoms with Crippen molar-refractivity contribution < 1.29 is 19.4 Å². The van der Waals surface area contributed by atoms with Gasteiger partial charge in [0.05, 0.1) is 6.10 Å². The van der Waals surface area contributed by atoms with Crippen LogP contribution in [0.5, 0.6) is 0 Å². The maximum atomic E-state index is 13.0. The number of carbonyl (C=O) groups is 2. The number of aliphatic hydroxyl groups excluding tert-OH is 1. The number of thiophene rings is 1. The Bertz CT molecular complexity index is 997. The molecule has 0 fully saturated rings. The fourth-order valence-corrected chi connectivity index (χ4v) is 4.85. The number of ether oxygens (including phenoxy) is 1. The molecule has 0 aliphatic heterocycles. The van der Waals surface area contributed by atoms with Crippen LogP contribution < -0.4 is 5.32 Å². The molecule has 0 saturated carbocycles. The quantitative estimate of drug-likeness (QED) is 0.431. The number of hydrogen-bond acceptors (Lipinski definition) is 5. The molecule has 3 rings (SSSR count). The van der Waals surface area contributed by atoms with Crippen LogP contribution in [0, 0.1) is 11.8 Å². The highest BCUT2D eigenvalue weighted by molar-refractivity contribution is 7.20. The number of benzene rings is 2. The zero-order chi connectivity index (χ0) is 23.1. The molecule has 0 spiro atoms. The molecule has 1 aromatic heterocycles. The van der Waals surface area contributed by atoms with Gasteiger partial charge in [-0.15, -0.1) is 11.3 Å². The van der Waals surface area contributed by atoms with E-state index in [0.29, 0.717) is 23.6 Å². The van der Waals surface area contributed by atoms with Crippen molar-refractivity contribution in [2.75, 3.05) is 7.05 Å². The Hall–Kier alpha value is -2.70. The van der Waals surface area contributed by atoms with E-state index in [1.54, 1.807) is 7.05 Å². The Balaban J connectivity index is 1.80. The lowest BCUT2D eigenvalue weighted by molar-refractivity contribution is -0.126. The molecule has 1 heterocycles. The van der Waals surface area contributed by atoms with Gasteiger partial charge in [0.2, 0.25) is 5.91 Å². The van der Waals surface area contributed by atoms with Gasteiger partial charge in [-0.05, 0) is 41.8 Å². The molecule has 0 unspecified atom stereocenters. The summed E-state index contributed by atoms with van der Waals surface area (Å²) >= 11 is 1.38. The van der Waals surface area contributed by atoms with E-state index in [9.17, 15) is 14.7 Å². The minimum absolute atomic E-state index is 0.105. The number of hydrogen-bond donors (Lipinski definition) is 2. The average Bonchev–Trinajstić information content (AvgIpc) is 3.22. The summed E-state index contributed by atoms with van der Waals surface area (Å²) in [5, 5.41) is 14.8. The molecule has 3 atom stereocenters. The predicted octanol–water partition coefficient (Wildman–Crippen LogP) is 4.83. The first-order valence-corrected chi connectivity index (χ1v) is 11.8. The van der Waals surface area contributed by atoms with E-state index in [4.69, 9.17) is 4.74 Å². The molecule has 0 aliphatic carbocycles. The number of aliphatic hydroxyl groups is 1. The van der Waals surface area contributed by atoms with E-state index in [2.05, 4.69) is 5.32 Å². The van der Waals surface area contributed by atoms with Gasteiger partial charge in [-0.3, -0.25) is 4.79 Å². The summed E-state index contributed by atoms with van der Waals surface area (Å²) < 4.78 is 6.85. The normalized spacial score (nSPS) is 14.2. The highest BCUT2D eigenvalue weighted by Crippen LogP contribution is 2.27. The zero-order valence-electron chi connectivity index (χ0n) is 18.8. The van der Waals surface area contributed by atoms with Crippen LogP contribution in [0.3, 0.4) is 0 Å². The minimum atomic E-state index is -0.963. The molecule has 0 bridgehead atoms. The minimum Gasteiger partial charge on any atom is -0.455 e. The van der Waals surface area contributed by atoms with Crippen LogP contribution in [0.2, 0.25) is 0 Å². The van der Waals surface area contributed by atoms with Gasteiger partial charge in [-0.25, -0.2) is 4.79 Å². The molecule has 2 N–H and O–H groups in total. The van der Waals surface area contributed by atoms with Crippen LogP contribution in [0.25, 0.3) is 10.1 Å². The van der Waals surface area contributed by atoms with E-state index >= 15 is 0 Å². The fourth-order valence-electron chi connectivity index (χ4n) is 3.91. The second kappa shape index (κ2) is 11.2. The Morgan fingerprint density at radius 2 is 1.72 bits per heavy atom. The van der Waals surface area contributed by atoms with Gasteiger partial charge in [-0.2, -0.15) is 0 Å². The predicted molar refractivity (Wildman–Crippen MR) is 129 cm³/mol. The molecule has 1 amide bonds. The molecule has 170 valence electrons. The third kappa shape index (κ3) is 6.40. The molecule has 5 nitrogen and oxygen atoms in total. The van der Waals surface area contributed by atoms with Crippen LogP contribution in [0.1, 0.15) is 41.9 Å². The number of amides is 1. The molecule has 6 heteroatoms. The van der Waals surface area contributed by atoms with Crippen molar-refractivity contribution in [3.05, 3.63) is 71.1 Å². The molecule has 3 aromatic rings. The summed E-state index contributed by atoms with van der Waals surface area (Å²) in [5.41, 5.74) is 0.959. The second-order valence-electron chi connectivity index (χ2n) is 8.53. The van der Waals surface area contributed by atoms with E-state index in [0.717, 1.165) is 15.6 Å². The first kappa shape index (κ1) is 24.0. The monoisotopic (exact) mass is 453 g/mol. The summed E-state index contributed by atoms with van der Waals surface area (Å²) in [4.78, 5) is 25.9. The fraction of sp³-hybridized carbons (Fsp3) is 0.385. The first-order valence-electron chi connectivity index (χ1n) is 11.0. The summed E-state index contributed by atoms with van der Waals surface area (Å²) in [6, 6.07) is 19.2. The first-order chi connectivity index (χ1) is 15.4. The Morgan fingerprint density at radius 3 is 2.38 bits per heavy atom. The molecule has 0 saturated heterocycles. The highest BCUT2D eigenvalue weighted by atomic mass is 32.1. The maximum absolute atomic E-state index is 13.0. The van der Waals surface area contributed by atoms with Gasteiger partial charge in [0, 0.05) is 24.1 Å². The van der Waals surface area contributed by atoms with E-state index < -0.39 is 18.2 Å². The highest BCUT2D eigenvalue weighted by Gasteiger charge is 2.30. The largest absolute Gasteiger partial charge is 0.455 e. The van der Waals surface area contributed by atoms with Crippen molar-refractivity contribution >= 4 is 33.3 Å². The maximum Gasteiger partial charge on any atom is 0.348 e. The summed E-state index contributed by atoms with van der Waals surface area (Å²) in [7, 11) is 1.60. The van der Waals surface area contributed by atoms with Crippen molar-refractivity contribution in [1.29, 1.82) is 0 Å². The Kier molecular flexibility index (Phi) is 8.42. The van der Waals surface area contributed by atoms with Crippen molar-refractivity contribution in [3.63, 3.8) is 0 Å². The summed E-state index contributed by atoms with van der Waals surface area (Å²) in [6.45, 7) is 4.09. The topological polar surface area (TPSA) is 75.6 Å². The van der Waals surface area contributed by atoms with E-state index in [-0.39, 0.29) is 18.2 Å². The summed E-state index contributed by atoms with van der Waals surface area (Å²) in [5.74, 6) is -0.604. The average molecular weight is 454 g/mol. The van der Waals surface area contributed by atoms with E-state index in [1.165, 1.54) is 11.3 Å². The molecular weight excluding hydrogens is 422 g/mol. The number of carbonyl (C=O) groups excluding carboxylic acids is 2. The van der Waals surface area contributed by atoms with Crippen LogP contribution in [-0.2, 0) is 16.0 Å². The van der Waals surface area contributed by atoms with Crippen LogP contribution in [-0.4, -0.2) is 36.2 Å². The Morgan fingerprint density at radius 1 is 1.03 bits per heavy atom. The SMILES string of the molecule is CNC(=O)[C@H](CC(C)C)C[C@H](O)[C@H](Cc1ccccc1)OC(=O)c1cc2ccccc2s1. The van der Waals surface area contributed by atoms with Crippen molar-refractivity contribution in [2.45, 2.75) is 45.3 Å². The molecule has 0 aliphatic rings. The van der Waals surface area contributed by atoms with Gasteiger partial charge in [0.1, 0.15) is 11.0 Å². The smallest absolute Gasteiger partial charge is 0.348 e. The number of fused-ring (bicyclic) bond motifs is 1. The lowest BCUT2D eigenvalue weighted by Crippen LogP contribution is -2.38. The van der Waals surface area contributed by atoms with Gasteiger partial charge >= 0.3 is 5.97 Å². The number of rotatable bonds is 10. The van der Waals surface area contributed by atoms with Gasteiger partial charge < -0.3 is 15.2 Å². The second-order valence-corrected chi connectivity index (χ2v) is 9.61. The third-order valence-corrected chi connectivity index (χ3v) is 6.59. The lowest BCUT2D eigenvalue weighted by Gasteiger charge is -2.27. The van der Waals surface area contributed by atoms with E-state index in [1.807, 2.05) is 74.5 Å².